The summed E-state index contributed by atoms with van der Waals surface area (Å²) in [5, 5.41) is 9.77. The summed E-state index contributed by atoms with van der Waals surface area (Å²) in [6.07, 6.45) is 1.84. The lowest BCUT2D eigenvalue weighted by Gasteiger charge is -2.33. The van der Waals surface area contributed by atoms with Gasteiger partial charge in [0.15, 0.2) is 0 Å². The van der Waals surface area contributed by atoms with E-state index < -0.39 is 0 Å². The van der Waals surface area contributed by atoms with E-state index in [0.717, 1.165) is 16.7 Å². The molecule has 0 unspecified atom stereocenters. The molecule has 1 N–H and O–H groups in total. The number of benzene rings is 2. The number of phenolic OH excluding ortho intramolecular Hbond substituents is 1. The van der Waals surface area contributed by atoms with E-state index in [1.165, 1.54) is 11.1 Å². The van der Waals surface area contributed by atoms with Gasteiger partial charge in [-0.2, -0.15) is 0 Å². The van der Waals surface area contributed by atoms with Gasteiger partial charge in [0, 0.05) is 11.5 Å². The van der Waals surface area contributed by atoms with Crippen molar-refractivity contribution >= 4 is 11.0 Å². The highest BCUT2D eigenvalue weighted by Crippen LogP contribution is 2.44. The van der Waals surface area contributed by atoms with Crippen molar-refractivity contribution in [2.24, 2.45) is 0 Å². The Morgan fingerprint density at radius 3 is 2.79 bits per heavy atom. The largest absolute Gasteiger partial charge is 0.508 e. The van der Waals surface area contributed by atoms with Crippen molar-refractivity contribution in [3.05, 3.63) is 53.9 Å². The zero-order chi connectivity index (χ0) is 13.2. The number of nitrogens with zero attached hydrogens (tertiary/aromatic N) is 2. The highest BCUT2D eigenvalue weighted by molar-refractivity contribution is 5.85. The Hall–Kier alpha value is -2.29. The lowest BCUT2D eigenvalue weighted by molar-refractivity contribution is 0.474. The fraction of sp³-hybridized carbons (Fsp3) is 0.188. The molecule has 0 atom stereocenters. The van der Waals surface area contributed by atoms with Crippen molar-refractivity contribution < 1.29 is 5.11 Å². The van der Waals surface area contributed by atoms with Gasteiger partial charge in [-0.25, -0.2) is 4.98 Å². The number of imidazole rings is 1. The standard InChI is InChI=1S/C16H14N2O/c1-16(2)11-7-6-10(19)8-14(11)18-9-17-13-5-3-4-12(16)15(13)18/h3-9,19H,1-2H3. The minimum atomic E-state index is -0.0847. The first-order chi connectivity index (χ1) is 9.09. The van der Waals surface area contributed by atoms with Crippen molar-refractivity contribution in [2.45, 2.75) is 19.3 Å². The number of rotatable bonds is 0. The zero-order valence-electron chi connectivity index (χ0n) is 10.9. The van der Waals surface area contributed by atoms with E-state index in [9.17, 15) is 5.11 Å². The monoisotopic (exact) mass is 250 g/mol. The van der Waals surface area contributed by atoms with Gasteiger partial charge >= 0.3 is 0 Å². The van der Waals surface area contributed by atoms with Gasteiger partial charge in [-0.3, -0.25) is 4.57 Å². The maximum Gasteiger partial charge on any atom is 0.117 e. The Bertz CT molecular complexity index is 815. The quantitative estimate of drug-likeness (QED) is 0.664. The van der Waals surface area contributed by atoms with Crippen LogP contribution < -0.4 is 0 Å². The second-order valence-corrected chi connectivity index (χ2v) is 5.61. The summed E-state index contributed by atoms with van der Waals surface area (Å²) in [6.45, 7) is 4.43. The highest BCUT2D eigenvalue weighted by atomic mass is 16.3. The summed E-state index contributed by atoms with van der Waals surface area (Å²) in [7, 11) is 0. The van der Waals surface area contributed by atoms with E-state index in [-0.39, 0.29) is 11.2 Å². The van der Waals surface area contributed by atoms with Gasteiger partial charge in [-0.1, -0.05) is 32.0 Å². The summed E-state index contributed by atoms with van der Waals surface area (Å²) in [5.74, 6) is 0.288. The molecule has 1 aliphatic heterocycles. The highest BCUT2D eigenvalue weighted by Gasteiger charge is 2.33. The van der Waals surface area contributed by atoms with Crippen LogP contribution in [-0.2, 0) is 5.41 Å². The summed E-state index contributed by atoms with van der Waals surface area (Å²) in [5.41, 5.74) is 5.57. The summed E-state index contributed by atoms with van der Waals surface area (Å²) in [4.78, 5) is 4.47. The number of aromatic hydroxyl groups is 1. The first kappa shape index (κ1) is 10.6. The molecule has 3 heteroatoms. The molecule has 0 spiro atoms. The van der Waals surface area contributed by atoms with E-state index in [1.54, 1.807) is 6.07 Å². The second kappa shape index (κ2) is 3.18. The molecular weight excluding hydrogens is 236 g/mol. The molecule has 3 aromatic rings. The number of hydrogen-bond acceptors (Lipinski definition) is 2. The van der Waals surface area contributed by atoms with Crippen molar-refractivity contribution in [1.82, 2.24) is 9.55 Å². The summed E-state index contributed by atoms with van der Waals surface area (Å²) in [6, 6.07) is 11.8. The molecule has 0 aliphatic carbocycles. The average molecular weight is 250 g/mol. The first-order valence-electron chi connectivity index (χ1n) is 6.39. The summed E-state index contributed by atoms with van der Waals surface area (Å²) < 4.78 is 2.07. The van der Waals surface area contributed by atoms with E-state index in [1.807, 2.05) is 24.5 Å². The van der Waals surface area contributed by atoms with Crippen molar-refractivity contribution in [3.63, 3.8) is 0 Å². The lowest BCUT2D eigenvalue weighted by atomic mass is 9.75. The van der Waals surface area contributed by atoms with E-state index in [0.29, 0.717) is 0 Å². The van der Waals surface area contributed by atoms with Crippen LogP contribution in [0, 0.1) is 0 Å². The zero-order valence-corrected chi connectivity index (χ0v) is 10.9. The Morgan fingerprint density at radius 2 is 1.95 bits per heavy atom. The fourth-order valence-electron chi connectivity index (χ4n) is 3.15. The number of para-hydroxylation sites is 1. The molecule has 1 aliphatic rings. The Labute approximate surface area is 111 Å². The van der Waals surface area contributed by atoms with Crippen molar-refractivity contribution in [2.75, 3.05) is 0 Å². The number of fused-ring (bicyclic) bond motifs is 2. The van der Waals surface area contributed by atoms with Crippen LogP contribution in [0.1, 0.15) is 25.0 Å². The normalized spacial score (nSPS) is 15.5. The topological polar surface area (TPSA) is 38.0 Å². The third kappa shape index (κ3) is 1.19. The second-order valence-electron chi connectivity index (χ2n) is 5.61. The van der Waals surface area contributed by atoms with E-state index >= 15 is 0 Å². The Kier molecular flexibility index (Phi) is 1.78. The van der Waals surface area contributed by atoms with Crippen LogP contribution >= 0.6 is 0 Å². The van der Waals surface area contributed by atoms with Gasteiger partial charge in [0.2, 0.25) is 0 Å². The Balaban J connectivity index is 2.24. The molecule has 3 nitrogen and oxygen atoms in total. The smallest absolute Gasteiger partial charge is 0.117 e. The van der Waals surface area contributed by atoms with Gasteiger partial charge in [0.25, 0.3) is 0 Å². The van der Waals surface area contributed by atoms with Gasteiger partial charge in [0.1, 0.15) is 12.1 Å². The molecule has 1 aromatic heterocycles. The van der Waals surface area contributed by atoms with Gasteiger partial charge in [-0.15, -0.1) is 0 Å². The van der Waals surface area contributed by atoms with Crippen molar-refractivity contribution in [1.29, 1.82) is 0 Å². The molecule has 2 heterocycles. The number of phenols is 1. The predicted octanol–water partition coefficient (Wildman–Crippen LogP) is 3.37. The maximum atomic E-state index is 9.77. The first-order valence-corrected chi connectivity index (χ1v) is 6.39. The molecule has 0 radical (unpaired) electrons. The molecule has 0 amide bonds. The predicted molar refractivity (Wildman–Crippen MR) is 74.9 cm³/mol. The van der Waals surface area contributed by atoms with Crippen LogP contribution in [0.5, 0.6) is 5.75 Å². The third-order valence-corrected chi connectivity index (χ3v) is 4.16. The average Bonchev–Trinajstić information content (AvgIpc) is 2.80. The van der Waals surface area contributed by atoms with Crippen LogP contribution in [0.2, 0.25) is 0 Å². The minimum Gasteiger partial charge on any atom is -0.508 e. The van der Waals surface area contributed by atoms with Crippen LogP contribution in [0.3, 0.4) is 0 Å². The number of aromatic nitrogens is 2. The SMILES string of the molecule is CC1(C)c2ccc(O)cc2-n2cnc3cccc1c32. The van der Waals surface area contributed by atoms with Gasteiger partial charge in [-0.05, 0) is 23.3 Å². The molecule has 0 fully saturated rings. The molecule has 0 saturated carbocycles. The molecule has 4 rings (SSSR count). The Morgan fingerprint density at radius 1 is 1.11 bits per heavy atom. The van der Waals surface area contributed by atoms with E-state index in [2.05, 4.69) is 35.5 Å². The lowest BCUT2D eigenvalue weighted by Crippen LogP contribution is -2.25. The molecule has 0 bridgehead atoms. The third-order valence-electron chi connectivity index (χ3n) is 4.16. The number of hydrogen-bond donors (Lipinski definition) is 1. The van der Waals surface area contributed by atoms with Crippen LogP contribution in [0.25, 0.3) is 16.7 Å². The molecule has 19 heavy (non-hydrogen) atoms. The van der Waals surface area contributed by atoms with Gasteiger partial charge in [0.05, 0.1) is 16.7 Å². The fourth-order valence-corrected chi connectivity index (χ4v) is 3.15. The molecule has 2 aromatic carbocycles. The van der Waals surface area contributed by atoms with Crippen LogP contribution in [-0.4, -0.2) is 14.7 Å². The van der Waals surface area contributed by atoms with E-state index in [4.69, 9.17) is 0 Å². The van der Waals surface area contributed by atoms with Gasteiger partial charge < -0.3 is 5.11 Å². The maximum absolute atomic E-state index is 9.77. The molecule has 0 saturated heterocycles. The van der Waals surface area contributed by atoms with Crippen LogP contribution in [0.15, 0.2) is 42.7 Å². The molecule has 94 valence electrons. The molecular formula is C16H14N2O. The summed E-state index contributed by atoms with van der Waals surface area (Å²) >= 11 is 0. The van der Waals surface area contributed by atoms with Crippen LogP contribution in [0.4, 0.5) is 0 Å². The van der Waals surface area contributed by atoms with Crippen molar-refractivity contribution in [3.8, 4) is 11.4 Å². The minimum absolute atomic E-state index is 0.0847.